The van der Waals surface area contributed by atoms with Gasteiger partial charge < -0.3 is 5.32 Å². The van der Waals surface area contributed by atoms with Gasteiger partial charge in [0.1, 0.15) is 5.82 Å². The van der Waals surface area contributed by atoms with Crippen molar-refractivity contribution in [1.82, 2.24) is 4.98 Å². The van der Waals surface area contributed by atoms with Crippen LogP contribution in [0.2, 0.25) is 0 Å². The van der Waals surface area contributed by atoms with Crippen LogP contribution >= 0.6 is 27.3 Å². The number of nitrogens with one attached hydrogen (secondary N) is 2. The summed E-state index contributed by atoms with van der Waals surface area (Å²) in [6.45, 7) is 1.34. The second-order valence-corrected chi connectivity index (χ2v) is 7.15. The molecular weight excluding hydrogens is 421 g/mol. The van der Waals surface area contributed by atoms with Crippen molar-refractivity contribution < 1.29 is 14.0 Å². The molecule has 0 saturated heterocycles. The molecule has 8 heteroatoms. The minimum absolute atomic E-state index is 0.171. The van der Waals surface area contributed by atoms with Crippen molar-refractivity contribution in [3.05, 3.63) is 63.7 Å². The highest BCUT2D eigenvalue weighted by Gasteiger charge is 2.15. The molecule has 0 aliphatic carbocycles. The van der Waals surface area contributed by atoms with E-state index in [1.807, 2.05) is 29.6 Å². The Morgan fingerprint density at radius 3 is 2.69 bits per heavy atom. The van der Waals surface area contributed by atoms with Crippen LogP contribution in [0.3, 0.4) is 0 Å². The van der Waals surface area contributed by atoms with Crippen LogP contribution in [0.25, 0.3) is 11.3 Å². The summed E-state index contributed by atoms with van der Waals surface area (Å²) in [5.74, 6) is -1.62. The highest BCUT2D eigenvalue weighted by atomic mass is 79.9. The van der Waals surface area contributed by atoms with Gasteiger partial charge in [-0.1, -0.05) is 28.1 Å². The molecule has 3 rings (SSSR count). The maximum Gasteiger partial charge on any atom is 0.260 e. The zero-order valence-electron chi connectivity index (χ0n) is 13.5. The summed E-state index contributed by atoms with van der Waals surface area (Å²) in [4.78, 5) is 27.8. The Balaban J connectivity index is 1.79. The first-order chi connectivity index (χ1) is 12.4. The molecule has 1 aromatic heterocycles. The summed E-state index contributed by atoms with van der Waals surface area (Å²) in [6.07, 6.45) is 0. The Morgan fingerprint density at radius 2 is 1.96 bits per heavy atom. The molecule has 0 fully saturated rings. The molecule has 2 amide bonds. The molecule has 0 saturated carbocycles. The molecule has 0 atom stereocenters. The average Bonchev–Trinajstić information content (AvgIpc) is 3.04. The number of thiazole rings is 1. The quantitative estimate of drug-likeness (QED) is 0.612. The number of anilines is 2. The van der Waals surface area contributed by atoms with E-state index >= 15 is 0 Å². The molecule has 3 aromatic rings. The van der Waals surface area contributed by atoms with E-state index < -0.39 is 11.7 Å². The minimum atomic E-state index is -0.680. The topological polar surface area (TPSA) is 71.1 Å². The third-order valence-corrected chi connectivity index (χ3v) is 4.63. The van der Waals surface area contributed by atoms with E-state index in [4.69, 9.17) is 0 Å². The largest absolute Gasteiger partial charge is 0.326 e. The van der Waals surface area contributed by atoms with Crippen molar-refractivity contribution in [2.75, 3.05) is 10.6 Å². The van der Waals surface area contributed by atoms with Gasteiger partial charge in [0, 0.05) is 28.0 Å². The average molecular weight is 434 g/mol. The Morgan fingerprint density at radius 1 is 1.15 bits per heavy atom. The van der Waals surface area contributed by atoms with Gasteiger partial charge in [-0.2, -0.15) is 0 Å². The second-order valence-electron chi connectivity index (χ2n) is 5.38. The fraction of sp³-hybridized carbons (Fsp3) is 0.0556. The van der Waals surface area contributed by atoms with Crippen molar-refractivity contribution in [2.24, 2.45) is 0 Å². The van der Waals surface area contributed by atoms with Crippen LogP contribution in [0.1, 0.15) is 17.3 Å². The van der Waals surface area contributed by atoms with Gasteiger partial charge in [-0.05, 0) is 30.3 Å². The van der Waals surface area contributed by atoms with E-state index in [0.717, 1.165) is 16.1 Å². The Labute approximate surface area is 161 Å². The smallest absolute Gasteiger partial charge is 0.260 e. The van der Waals surface area contributed by atoms with Crippen molar-refractivity contribution in [1.29, 1.82) is 0 Å². The molecule has 1 heterocycles. The van der Waals surface area contributed by atoms with Gasteiger partial charge in [-0.25, -0.2) is 9.37 Å². The van der Waals surface area contributed by atoms with Crippen molar-refractivity contribution >= 4 is 49.9 Å². The van der Waals surface area contributed by atoms with E-state index in [1.165, 1.54) is 30.4 Å². The minimum Gasteiger partial charge on any atom is -0.326 e. The Kier molecular flexibility index (Phi) is 5.43. The number of benzene rings is 2. The number of carbonyl (C=O) groups excluding carboxylic acids is 2. The van der Waals surface area contributed by atoms with E-state index in [1.54, 1.807) is 0 Å². The van der Waals surface area contributed by atoms with Gasteiger partial charge in [0.2, 0.25) is 5.91 Å². The zero-order valence-corrected chi connectivity index (χ0v) is 15.9. The number of rotatable bonds is 4. The lowest BCUT2D eigenvalue weighted by Gasteiger charge is -2.07. The van der Waals surface area contributed by atoms with Gasteiger partial charge in [0.25, 0.3) is 5.91 Å². The monoisotopic (exact) mass is 433 g/mol. The van der Waals surface area contributed by atoms with Gasteiger partial charge in [0.15, 0.2) is 5.13 Å². The molecule has 132 valence electrons. The molecule has 26 heavy (non-hydrogen) atoms. The van der Waals surface area contributed by atoms with Gasteiger partial charge in [-0.15, -0.1) is 11.3 Å². The molecule has 0 spiro atoms. The molecule has 0 bridgehead atoms. The van der Waals surface area contributed by atoms with Gasteiger partial charge in [0.05, 0.1) is 11.3 Å². The third kappa shape index (κ3) is 4.33. The van der Waals surface area contributed by atoms with Crippen molar-refractivity contribution in [3.8, 4) is 11.3 Å². The number of amides is 2. The molecule has 0 radical (unpaired) electrons. The maximum absolute atomic E-state index is 14.0. The molecular formula is C18H13BrFN3O2S. The molecule has 2 aromatic carbocycles. The van der Waals surface area contributed by atoms with E-state index in [9.17, 15) is 14.0 Å². The highest BCUT2D eigenvalue weighted by molar-refractivity contribution is 9.10. The SMILES string of the molecule is CC(=O)Nc1ccc(F)c(C(=O)Nc2nc(-c3cccc(Br)c3)cs2)c1. The van der Waals surface area contributed by atoms with Crippen LogP contribution in [0, 0.1) is 5.82 Å². The number of aromatic nitrogens is 1. The predicted octanol–water partition coefficient (Wildman–Crippen LogP) is 4.92. The standard InChI is InChI=1S/C18H13BrFN3O2S/c1-10(24)21-13-5-6-15(20)14(8-13)17(25)23-18-22-16(9-26-18)11-3-2-4-12(19)7-11/h2-9H,1H3,(H,21,24)(H,22,23,25). The second kappa shape index (κ2) is 7.76. The van der Waals surface area contributed by atoms with Crippen LogP contribution in [0.5, 0.6) is 0 Å². The normalized spacial score (nSPS) is 10.4. The Hall–Kier alpha value is -2.58. The lowest BCUT2D eigenvalue weighted by molar-refractivity contribution is -0.114. The molecule has 5 nitrogen and oxygen atoms in total. The fourth-order valence-corrected chi connectivity index (χ4v) is 3.37. The first kappa shape index (κ1) is 18.2. The van der Waals surface area contributed by atoms with E-state index in [0.29, 0.717) is 16.5 Å². The Bertz CT molecular complexity index is 990. The molecule has 2 N–H and O–H groups in total. The fourth-order valence-electron chi connectivity index (χ4n) is 2.26. The third-order valence-electron chi connectivity index (χ3n) is 3.38. The number of carbonyl (C=O) groups is 2. The molecule has 0 unspecified atom stereocenters. The van der Waals surface area contributed by atoms with Crippen LogP contribution in [0.15, 0.2) is 52.3 Å². The number of hydrogen-bond donors (Lipinski definition) is 2. The summed E-state index contributed by atoms with van der Waals surface area (Å²) in [5, 5.41) is 7.27. The summed E-state index contributed by atoms with van der Waals surface area (Å²) in [6, 6.07) is 11.4. The summed E-state index contributed by atoms with van der Waals surface area (Å²) < 4.78 is 14.9. The van der Waals surface area contributed by atoms with Crippen molar-refractivity contribution in [2.45, 2.75) is 6.92 Å². The molecule has 0 aliphatic heterocycles. The number of nitrogens with zero attached hydrogens (tertiary/aromatic N) is 1. The van der Waals surface area contributed by atoms with Crippen LogP contribution < -0.4 is 10.6 Å². The van der Waals surface area contributed by atoms with Crippen molar-refractivity contribution in [3.63, 3.8) is 0 Å². The number of hydrogen-bond acceptors (Lipinski definition) is 4. The first-order valence-electron chi connectivity index (χ1n) is 7.52. The zero-order chi connectivity index (χ0) is 18.7. The van der Waals surface area contributed by atoms with Crippen LogP contribution in [-0.2, 0) is 4.79 Å². The summed E-state index contributed by atoms with van der Waals surface area (Å²) in [7, 11) is 0. The maximum atomic E-state index is 14.0. The van der Waals surface area contributed by atoms with Crippen LogP contribution in [0.4, 0.5) is 15.2 Å². The first-order valence-corrected chi connectivity index (χ1v) is 9.19. The lowest BCUT2D eigenvalue weighted by Crippen LogP contribution is -2.15. The van der Waals surface area contributed by atoms with Crippen LogP contribution in [-0.4, -0.2) is 16.8 Å². The highest BCUT2D eigenvalue weighted by Crippen LogP contribution is 2.27. The van der Waals surface area contributed by atoms with E-state index in [-0.39, 0.29) is 11.5 Å². The number of halogens is 2. The summed E-state index contributed by atoms with van der Waals surface area (Å²) in [5.41, 5.74) is 1.78. The predicted molar refractivity (Wildman–Crippen MR) is 104 cm³/mol. The van der Waals surface area contributed by atoms with Gasteiger partial charge >= 0.3 is 0 Å². The lowest BCUT2D eigenvalue weighted by atomic mass is 10.1. The molecule has 0 aliphatic rings. The summed E-state index contributed by atoms with van der Waals surface area (Å²) >= 11 is 4.65. The van der Waals surface area contributed by atoms with E-state index in [2.05, 4.69) is 31.5 Å². The van der Waals surface area contributed by atoms with Gasteiger partial charge in [-0.3, -0.25) is 14.9 Å².